The van der Waals surface area contributed by atoms with Crippen LogP contribution in [0.2, 0.25) is 0 Å². The Morgan fingerprint density at radius 1 is 0.643 bits per heavy atom. The molecule has 3 aromatic carbocycles. The van der Waals surface area contributed by atoms with Crippen LogP contribution in [0, 0.1) is 0 Å². The Kier molecular flexibility index (Phi) is 7.51. The van der Waals surface area contributed by atoms with Gasteiger partial charge in [-0.3, -0.25) is 4.79 Å². The summed E-state index contributed by atoms with van der Waals surface area (Å²) in [6.07, 6.45) is 4.26. The zero-order valence-electron chi connectivity index (χ0n) is 24.5. The van der Waals surface area contributed by atoms with Gasteiger partial charge in [-0.15, -0.1) is 0 Å². The number of hydrogen-bond donors (Lipinski definition) is 2. The zero-order chi connectivity index (χ0) is 29.3. The van der Waals surface area contributed by atoms with Gasteiger partial charge in [0.1, 0.15) is 17.5 Å². The Morgan fingerprint density at radius 2 is 0.976 bits per heavy atom. The Bertz CT molecular complexity index is 1680. The van der Waals surface area contributed by atoms with Crippen molar-refractivity contribution < 1.29 is 4.79 Å². The van der Waals surface area contributed by atoms with Crippen molar-refractivity contribution in [3.05, 3.63) is 90.3 Å². The minimum Gasteiger partial charge on any atom is -0.350 e. The molecule has 0 radical (unpaired) electrons. The molecule has 3 heterocycles. The lowest BCUT2D eigenvalue weighted by Crippen LogP contribution is -2.51. The van der Waals surface area contributed by atoms with E-state index in [0.29, 0.717) is 38.5 Å². The monoisotopic (exact) mass is 562 g/mol. The molecule has 42 heavy (non-hydrogen) atoms. The number of nitrogens with one attached hydrogen (secondary N) is 1. The van der Waals surface area contributed by atoms with Crippen molar-refractivity contribution >= 4 is 39.0 Å². The first kappa shape index (κ1) is 27.7. The number of amides is 1. The van der Waals surface area contributed by atoms with E-state index in [1.54, 1.807) is 0 Å². The van der Waals surface area contributed by atoms with Crippen LogP contribution >= 0.6 is 0 Å². The second-order valence-electron chi connectivity index (χ2n) is 11.3. The highest BCUT2D eigenvalue weighted by Gasteiger charge is 2.33. The number of para-hydroxylation sites is 6. The molecule has 0 unspecified atom stereocenters. The van der Waals surface area contributed by atoms with Crippen LogP contribution in [0.3, 0.4) is 0 Å². The highest BCUT2D eigenvalue weighted by atomic mass is 16.2. The number of nitrogens with zero attached hydrogens (tertiary/aromatic N) is 6. The van der Waals surface area contributed by atoms with Gasteiger partial charge >= 0.3 is 0 Å². The number of fused-ring (bicyclic) bond motifs is 3. The molecule has 0 atom stereocenters. The predicted molar refractivity (Wildman–Crippen MR) is 167 cm³/mol. The van der Waals surface area contributed by atoms with Crippen molar-refractivity contribution in [1.29, 1.82) is 0 Å². The molecule has 0 spiro atoms. The lowest BCUT2D eigenvalue weighted by Gasteiger charge is -2.35. The molecule has 3 N–H and O–H groups in total. The number of carbonyl (C=O) groups excluding carboxylic acids is 1. The van der Waals surface area contributed by atoms with Crippen LogP contribution in [-0.4, -0.2) is 46.6 Å². The Balaban J connectivity index is 1.34. The van der Waals surface area contributed by atoms with Crippen LogP contribution < -0.4 is 11.1 Å². The molecule has 3 aromatic heterocycles. The number of hydrogen-bond acceptors (Lipinski definition) is 5. The highest BCUT2D eigenvalue weighted by Crippen LogP contribution is 2.29. The molecule has 1 amide bonds. The zero-order valence-corrected chi connectivity index (χ0v) is 24.5. The largest absolute Gasteiger partial charge is 0.350 e. The van der Waals surface area contributed by atoms with E-state index in [4.69, 9.17) is 20.7 Å². The number of imidazole rings is 3. The summed E-state index contributed by atoms with van der Waals surface area (Å²) in [5.41, 5.74) is 11.6. The standard InChI is InChI=1S/C33H38N8O/c1-39-26-13-7-4-10-23(26)35-29(39)16-19-33(38-32(42)22-34,20-17-30-36-24-11-5-8-14-27(24)40(30)2)21-18-31-37-25-12-6-9-15-28(25)41(31)3/h4-15H,16-22,34H2,1-3H3,(H,38,42). The van der Waals surface area contributed by atoms with Crippen LogP contribution in [0.5, 0.6) is 0 Å². The molecule has 0 aliphatic rings. The third-order valence-corrected chi connectivity index (χ3v) is 8.71. The molecule has 216 valence electrons. The average molecular weight is 563 g/mol. The van der Waals surface area contributed by atoms with Crippen LogP contribution in [0.25, 0.3) is 33.1 Å². The lowest BCUT2D eigenvalue weighted by molar-refractivity contribution is -0.122. The Hall–Kier alpha value is -4.50. The van der Waals surface area contributed by atoms with Gasteiger partial charge in [-0.1, -0.05) is 36.4 Å². The van der Waals surface area contributed by atoms with Gasteiger partial charge in [-0.25, -0.2) is 15.0 Å². The minimum absolute atomic E-state index is 0.0629. The van der Waals surface area contributed by atoms with E-state index in [0.717, 1.165) is 50.6 Å². The molecule has 0 saturated heterocycles. The number of benzene rings is 3. The van der Waals surface area contributed by atoms with Gasteiger partial charge in [0.15, 0.2) is 0 Å². The molecule has 0 bridgehead atoms. The van der Waals surface area contributed by atoms with Gasteiger partial charge < -0.3 is 24.8 Å². The van der Waals surface area contributed by atoms with Crippen LogP contribution in [0.15, 0.2) is 72.8 Å². The second-order valence-corrected chi connectivity index (χ2v) is 11.3. The molecular weight excluding hydrogens is 524 g/mol. The fourth-order valence-electron chi connectivity index (χ4n) is 6.22. The summed E-state index contributed by atoms with van der Waals surface area (Å²) in [6, 6.07) is 24.5. The molecule has 0 aliphatic carbocycles. The molecule has 6 aromatic rings. The fourth-order valence-corrected chi connectivity index (χ4v) is 6.22. The van der Waals surface area contributed by atoms with Crippen molar-refractivity contribution in [2.24, 2.45) is 26.9 Å². The SMILES string of the molecule is Cn1c(CCC(CCc2nc3ccccc3n2C)(CCc2nc3ccccc3n2C)NC(=O)CN)nc2ccccc21. The van der Waals surface area contributed by atoms with Gasteiger partial charge in [-0.05, 0) is 55.7 Å². The first-order valence-electron chi connectivity index (χ1n) is 14.6. The minimum atomic E-state index is -0.537. The van der Waals surface area contributed by atoms with Crippen LogP contribution in [0.4, 0.5) is 0 Å². The molecule has 9 nitrogen and oxygen atoms in total. The van der Waals surface area contributed by atoms with Crippen molar-refractivity contribution in [3.63, 3.8) is 0 Å². The molecular formula is C33H38N8O. The van der Waals surface area contributed by atoms with Crippen molar-refractivity contribution in [1.82, 2.24) is 34.0 Å². The smallest absolute Gasteiger partial charge is 0.234 e. The molecule has 0 fully saturated rings. The number of nitrogens with two attached hydrogens (primary N) is 1. The Morgan fingerprint density at radius 3 is 1.29 bits per heavy atom. The summed E-state index contributed by atoms with van der Waals surface area (Å²) in [6.45, 7) is -0.0629. The Labute approximate surface area is 245 Å². The molecule has 0 aliphatic heterocycles. The van der Waals surface area contributed by atoms with Crippen LogP contribution in [0.1, 0.15) is 36.7 Å². The second kappa shape index (κ2) is 11.4. The van der Waals surface area contributed by atoms with Crippen molar-refractivity contribution in [3.8, 4) is 0 Å². The van der Waals surface area contributed by atoms with Gasteiger partial charge in [0.25, 0.3) is 0 Å². The normalized spacial score (nSPS) is 12.1. The van der Waals surface area contributed by atoms with E-state index in [1.165, 1.54) is 0 Å². The van der Waals surface area contributed by atoms with E-state index < -0.39 is 5.54 Å². The van der Waals surface area contributed by atoms with Crippen LogP contribution in [-0.2, 0) is 45.2 Å². The highest BCUT2D eigenvalue weighted by molar-refractivity contribution is 5.79. The summed E-state index contributed by atoms with van der Waals surface area (Å²) < 4.78 is 6.46. The number of rotatable bonds is 11. The number of carbonyl (C=O) groups is 1. The average Bonchev–Trinajstić information content (AvgIpc) is 3.64. The molecule has 6 rings (SSSR count). The van der Waals surface area contributed by atoms with E-state index in [-0.39, 0.29) is 12.5 Å². The quantitative estimate of drug-likeness (QED) is 0.244. The fraction of sp³-hybridized carbons (Fsp3) is 0.333. The van der Waals surface area contributed by atoms with E-state index in [9.17, 15) is 4.79 Å². The maximum Gasteiger partial charge on any atom is 0.234 e. The van der Waals surface area contributed by atoms with Gasteiger partial charge in [0.05, 0.1) is 39.6 Å². The maximum atomic E-state index is 13.0. The summed E-state index contributed by atoms with van der Waals surface area (Å²) in [4.78, 5) is 27.8. The third-order valence-electron chi connectivity index (χ3n) is 8.71. The van der Waals surface area contributed by atoms with Gasteiger partial charge in [-0.2, -0.15) is 0 Å². The first-order valence-corrected chi connectivity index (χ1v) is 14.6. The van der Waals surface area contributed by atoms with Crippen molar-refractivity contribution in [2.75, 3.05) is 6.54 Å². The maximum absolute atomic E-state index is 13.0. The van der Waals surface area contributed by atoms with Gasteiger partial charge in [0.2, 0.25) is 5.91 Å². The van der Waals surface area contributed by atoms with E-state index in [2.05, 4.69) is 58.4 Å². The summed E-state index contributed by atoms with van der Waals surface area (Å²) >= 11 is 0. The number of aromatic nitrogens is 6. The van der Waals surface area contributed by atoms with E-state index >= 15 is 0 Å². The van der Waals surface area contributed by atoms with E-state index in [1.807, 2.05) is 54.6 Å². The van der Waals surface area contributed by atoms with Gasteiger partial charge in [0, 0.05) is 45.9 Å². The molecule has 9 heteroatoms. The molecule has 0 saturated carbocycles. The topological polar surface area (TPSA) is 109 Å². The third kappa shape index (κ3) is 5.27. The van der Waals surface area contributed by atoms with Crippen molar-refractivity contribution in [2.45, 2.75) is 44.1 Å². The first-order chi connectivity index (χ1) is 20.4. The lowest BCUT2D eigenvalue weighted by atomic mass is 9.83. The summed E-state index contributed by atoms with van der Waals surface area (Å²) in [5, 5.41) is 3.38. The number of aryl methyl sites for hydroxylation is 6. The summed E-state index contributed by atoms with van der Waals surface area (Å²) in [5.74, 6) is 2.82. The summed E-state index contributed by atoms with van der Waals surface area (Å²) in [7, 11) is 6.18. The predicted octanol–water partition coefficient (Wildman–Crippen LogP) is 4.36.